The minimum Gasteiger partial charge on any atom is -0.394 e. The molecule has 0 aromatic heterocycles. The molecule has 0 saturated carbocycles. The summed E-state index contributed by atoms with van der Waals surface area (Å²) in [6.45, 7) is 1.51. The maximum atomic E-state index is 9.90. The summed E-state index contributed by atoms with van der Waals surface area (Å²) in [4.78, 5) is 0. The van der Waals surface area contributed by atoms with Crippen LogP contribution in [0.2, 0.25) is 0 Å². The van der Waals surface area contributed by atoms with Crippen LogP contribution in [0.5, 0.6) is 0 Å². The smallest absolute Gasteiger partial charge is 0.282 e. The van der Waals surface area contributed by atoms with Gasteiger partial charge in [0, 0.05) is 12.3 Å². The Kier molecular flexibility index (Phi) is 4.61. The molecule has 2 aliphatic heterocycles. The molecule has 2 aliphatic rings. The summed E-state index contributed by atoms with van der Waals surface area (Å²) in [6, 6.07) is 0. The lowest BCUT2D eigenvalue weighted by Crippen LogP contribution is -2.57. The highest BCUT2D eigenvalue weighted by atomic mass is 79.9. The fourth-order valence-electron chi connectivity index (χ4n) is 2.05. The van der Waals surface area contributed by atoms with Crippen molar-refractivity contribution in [3.8, 4) is 0 Å². The third kappa shape index (κ3) is 2.70. The van der Waals surface area contributed by atoms with Crippen LogP contribution in [0, 0.1) is 0 Å². The minimum atomic E-state index is -1.33. The quantitative estimate of drug-likeness (QED) is 0.565. The zero-order valence-electron chi connectivity index (χ0n) is 9.86. The molecule has 2 fully saturated rings. The third-order valence-electron chi connectivity index (χ3n) is 2.95. The molecule has 106 valence electrons. The van der Waals surface area contributed by atoms with Crippen molar-refractivity contribution in [2.45, 2.75) is 43.6 Å². The van der Waals surface area contributed by atoms with Crippen molar-refractivity contribution in [1.82, 2.24) is 0 Å². The predicted molar refractivity (Wildman–Crippen MR) is 61.9 cm³/mol. The number of fused-ring (bicyclic) bond motifs is 1. The van der Waals surface area contributed by atoms with Gasteiger partial charge >= 0.3 is 0 Å². The van der Waals surface area contributed by atoms with Crippen molar-refractivity contribution in [2.75, 3.05) is 18.5 Å². The van der Waals surface area contributed by atoms with Gasteiger partial charge in [0.1, 0.15) is 24.4 Å². The topological polar surface area (TPSA) is 97.6 Å². The molecule has 0 spiro atoms. The molecule has 2 saturated heterocycles. The van der Waals surface area contributed by atoms with Crippen molar-refractivity contribution in [2.24, 2.45) is 0 Å². The first-order valence-electron chi connectivity index (χ1n) is 5.69. The van der Waals surface area contributed by atoms with E-state index in [9.17, 15) is 10.2 Å². The van der Waals surface area contributed by atoms with Gasteiger partial charge in [0.05, 0.1) is 13.2 Å². The van der Waals surface area contributed by atoms with E-state index < -0.39 is 43.3 Å². The zero-order valence-corrected chi connectivity index (χ0v) is 11.4. The van der Waals surface area contributed by atoms with E-state index in [2.05, 4.69) is 15.9 Å². The largest absolute Gasteiger partial charge is 0.394 e. The molecule has 7 nitrogen and oxygen atoms in total. The molecule has 0 bridgehead atoms. The highest BCUT2D eigenvalue weighted by molar-refractivity contribution is 9.09. The molecule has 0 aliphatic carbocycles. The number of hydrogen-bond donors (Lipinski definition) is 3. The number of halogens is 1. The number of aliphatic hydroxyl groups excluding tert-OH is 3. The molecule has 0 radical (unpaired) electrons. The predicted octanol–water partition coefficient (Wildman–Crippen LogP) is -1.07. The Bertz CT molecular complexity index is 291. The van der Waals surface area contributed by atoms with E-state index in [0.29, 0.717) is 11.9 Å². The standard InChI is InChI=1S/C10H17BrO7/c1-10(15-3-2-11)17-8-7(14)6(13)5(4-12)16-9(8)18-10/h5-9,12-14H,2-4H2,1H3/t5?,6-,7?,8?,9+,10?/m1/s1. The molecular weight excluding hydrogens is 312 g/mol. The van der Waals surface area contributed by atoms with Gasteiger partial charge in [-0.3, -0.25) is 4.74 Å². The summed E-state index contributed by atoms with van der Waals surface area (Å²) < 4.78 is 21.6. The number of ether oxygens (including phenoxy) is 4. The van der Waals surface area contributed by atoms with Gasteiger partial charge in [-0.25, -0.2) is 0 Å². The molecule has 6 atom stereocenters. The summed E-state index contributed by atoms with van der Waals surface area (Å²) >= 11 is 3.21. The summed E-state index contributed by atoms with van der Waals surface area (Å²) in [5.41, 5.74) is 0. The fraction of sp³-hybridized carbons (Fsp3) is 1.00. The summed E-state index contributed by atoms with van der Waals surface area (Å²) in [6.07, 6.45) is -5.04. The van der Waals surface area contributed by atoms with Crippen molar-refractivity contribution in [1.29, 1.82) is 0 Å². The summed E-state index contributed by atoms with van der Waals surface area (Å²) in [7, 11) is 0. The molecule has 4 unspecified atom stereocenters. The normalized spacial score (nSPS) is 48.2. The Morgan fingerprint density at radius 1 is 1.28 bits per heavy atom. The zero-order chi connectivity index (χ0) is 13.3. The molecule has 3 N–H and O–H groups in total. The Hall–Kier alpha value is 0.200. The minimum absolute atomic E-state index is 0.359. The SMILES string of the molecule is CC1(OCCBr)OC2C(O)[C@H](O)C(CO)O[C@H]2O1. The van der Waals surface area contributed by atoms with Crippen LogP contribution in [0.4, 0.5) is 0 Å². The van der Waals surface area contributed by atoms with Crippen LogP contribution in [0.1, 0.15) is 6.92 Å². The van der Waals surface area contributed by atoms with Gasteiger partial charge in [-0.05, 0) is 0 Å². The van der Waals surface area contributed by atoms with E-state index in [4.69, 9.17) is 24.1 Å². The first-order chi connectivity index (χ1) is 8.50. The maximum Gasteiger partial charge on any atom is 0.282 e. The average molecular weight is 329 g/mol. The van der Waals surface area contributed by atoms with Crippen LogP contribution in [0.15, 0.2) is 0 Å². The van der Waals surface area contributed by atoms with E-state index in [-0.39, 0.29) is 0 Å². The van der Waals surface area contributed by atoms with Crippen molar-refractivity contribution in [3.05, 3.63) is 0 Å². The van der Waals surface area contributed by atoms with E-state index in [1.165, 1.54) is 0 Å². The van der Waals surface area contributed by atoms with Gasteiger partial charge in [-0.2, -0.15) is 0 Å². The van der Waals surface area contributed by atoms with Crippen LogP contribution in [0.3, 0.4) is 0 Å². The average Bonchev–Trinajstić information content (AvgIpc) is 2.69. The molecule has 18 heavy (non-hydrogen) atoms. The van der Waals surface area contributed by atoms with E-state index in [0.717, 1.165) is 0 Å². The van der Waals surface area contributed by atoms with Gasteiger partial charge in [0.25, 0.3) is 5.97 Å². The first kappa shape index (κ1) is 14.6. The van der Waals surface area contributed by atoms with Gasteiger partial charge in [-0.15, -0.1) is 0 Å². The lowest BCUT2D eigenvalue weighted by molar-refractivity contribution is -0.342. The van der Waals surface area contributed by atoms with Crippen molar-refractivity contribution in [3.63, 3.8) is 0 Å². The fourth-order valence-corrected chi connectivity index (χ4v) is 2.22. The van der Waals surface area contributed by atoms with Crippen LogP contribution in [0.25, 0.3) is 0 Å². The number of rotatable bonds is 4. The second-order valence-electron chi connectivity index (χ2n) is 4.31. The van der Waals surface area contributed by atoms with Gasteiger partial charge < -0.3 is 29.5 Å². The summed E-state index contributed by atoms with van der Waals surface area (Å²) in [5, 5.41) is 29.3. The Labute approximate surface area is 113 Å². The third-order valence-corrected chi connectivity index (χ3v) is 3.27. The van der Waals surface area contributed by atoms with Crippen molar-refractivity contribution < 1.29 is 34.3 Å². The van der Waals surface area contributed by atoms with E-state index in [1.807, 2.05) is 0 Å². The van der Waals surface area contributed by atoms with Crippen LogP contribution in [-0.2, 0) is 18.9 Å². The highest BCUT2D eigenvalue weighted by Gasteiger charge is 2.55. The van der Waals surface area contributed by atoms with Gasteiger partial charge in [0.2, 0.25) is 0 Å². The lowest BCUT2D eigenvalue weighted by Gasteiger charge is -2.36. The molecular formula is C10H17BrO7. The lowest BCUT2D eigenvalue weighted by atomic mass is 9.99. The molecule has 8 heteroatoms. The van der Waals surface area contributed by atoms with Crippen LogP contribution in [-0.4, -0.2) is 70.5 Å². The molecule has 0 amide bonds. The molecule has 2 heterocycles. The second-order valence-corrected chi connectivity index (χ2v) is 5.10. The van der Waals surface area contributed by atoms with E-state index >= 15 is 0 Å². The maximum absolute atomic E-state index is 9.90. The van der Waals surface area contributed by atoms with Gasteiger partial charge in [0.15, 0.2) is 6.29 Å². The Morgan fingerprint density at radius 2 is 2.00 bits per heavy atom. The first-order valence-corrected chi connectivity index (χ1v) is 6.81. The second kappa shape index (κ2) is 5.68. The highest BCUT2D eigenvalue weighted by Crippen LogP contribution is 2.37. The molecule has 0 aromatic rings. The molecule has 2 rings (SSSR count). The van der Waals surface area contributed by atoms with Crippen LogP contribution < -0.4 is 0 Å². The number of aliphatic hydroxyl groups is 3. The molecule has 0 aromatic carbocycles. The van der Waals surface area contributed by atoms with Crippen LogP contribution >= 0.6 is 15.9 Å². The van der Waals surface area contributed by atoms with E-state index in [1.54, 1.807) is 6.92 Å². The number of alkyl halides is 1. The van der Waals surface area contributed by atoms with Gasteiger partial charge in [-0.1, -0.05) is 15.9 Å². The van der Waals surface area contributed by atoms with Crippen molar-refractivity contribution >= 4 is 15.9 Å². The Morgan fingerprint density at radius 3 is 2.61 bits per heavy atom. The Balaban J connectivity index is 2.04. The monoisotopic (exact) mass is 328 g/mol. The summed E-state index contributed by atoms with van der Waals surface area (Å²) in [5.74, 6) is -1.33. The number of hydrogen-bond acceptors (Lipinski definition) is 7.